The van der Waals surface area contributed by atoms with Gasteiger partial charge < -0.3 is 0 Å². The smallest absolute Gasteiger partial charge is 0.289 e. The van der Waals surface area contributed by atoms with Crippen molar-refractivity contribution in [1.82, 2.24) is 0 Å². The lowest BCUT2D eigenvalue weighted by molar-refractivity contribution is -0.139. The summed E-state index contributed by atoms with van der Waals surface area (Å²) in [5.74, 6) is -4.18. The van der Waals surface area contributed by atoms with E-state index in [2.05, 4.69) is 31.9 Å². The number of benzene rings is 2. The number of ketones is 1. The highest BCUT2D eigenvalue weighted by Gasteiger charge is 2.38. The van der Waals surface area contributed by atoms with Crippen LogP contribution < -0.4 is 0 Å². The average Bonchev–Trinajstić information content (AvgIpc) is 2.58. The summed E-state index contributed by atoms with van der Waals surface area (Å²) in [6, 6.07) is 1.30. The normalized spacial score (nSPS) is 12.4. The van der Waals surface area contributed by atoms with Gasteiger partial charge in [0.15, 0.2) is 5.78 Å². The summed E-state index contributed by atoms with van der Waals surface area (Å²) in [6.45, 7) is 0. The molecule has 0 aliphatic carbocycles. The van der Waals surface area contributed by atoms with Crippen molar-refractivity contribution in [1.29, 1.82) is 0 Å². The van der Waals surface area contributed by atoms with E-state index in [1.54, 1.807) is 0 Å². The maximum atomic E-state index is 13.7. The molecular weight excluding hydrogens is 532 g/mol. The summed E-state index contributed by atoms with van der Waals surface area (Å²) in [7, 11) is 0. The lowest BCUT2D eigenvalue weighted by Crippen LogP contribution is -2.18. The molecule has 28 heavy (non-hydrogen) atoms. The number of carbonyl (C=O) groups excluding carboxylic acids is 1. The Morgan fingerprint density at radius 3 is 1.29 bits per heavy atom. The van der Waals surface area contributed by atoms with Crippen molar-refractivity contribution in [3.8, 4) is 0 Å². The monoisotopic (exact) mass is 538 g/mol. The number of hydrogen-bond acceptors (Lipinski definition) is 1. The third-order valence-corrected chi connectivity index (χ3v) is 4.92. The van der Waals surface area contributed by atoms with Gasteiger partial charge in [-0.25, -0.2) is 8.78 Å². The van der Waals surface area contributed by atoms with Gasteiger partial charge in [0, 0.05) is 21.8 Å². The highest BCUT2D eigenvalue weighted by Crippen LogP contribution is 2.38. The summed E-state index contributed by atoms with van der Waals surface area (Å²) in [6.07, 6.45) is -10.0. The number of carbonyl (C=O) groups is 1. The van der Waals surface area contributed by atoms with Crippen LogP contribution in [0.25, 0.3) is 0 Å². The Morgan fingerprint density at radius 2 is 1.04 bits per heavy atom. The molecule has 0 unspecified atom stereocenters. The lowest BCUT2D eigenvalue weighted by Gasteiger charge is -2.18. The van der Waals surface area contributed by atoms with Crippen molar-refractivity contribution in [3.05, 3.63) is 69.3 Å². The zero-order valence-electron chi connectivity index (χ0n) is 13.4. The lowest BCUT2D eigenvalue weighted by atomic mass is 9.91. The van der Waals surface area contributed by atoms with E-state index in [0.29, 0.717) is 12.1 Å². The van der Waals surface area contributed by atoms with E-state index in [9.17, 15) is 39.9 Å². The van der Waals surface area contributed by atoms with Gasteiger partial charge in [-0.05, 0) is 35.4 Å². The van der Waals surface area contributed by atoms with E-state index in [1.165, 1.54) is 0 Å². The minimum Gasteiger partial charge on any atom is -0.289 e. The Balaban J connectivity index is 2.81. The van der Waals surface area contributed by atoms with Crippen LogP contribution in [0.4, 0.5) is 35.1 Å². The Kier molecular flexibility index (Phi) is 6.59. The van der Waals surface area contributed by atoms with Crippen molar-refractivity contribution >= 4 is 37.6 Å². The zero-order valence-corrected chi connectivity index (χ0v) is 16.6. The van der Waals surface area contributed by atoms with Crippen LogP contribution in [0.2, 0.25) is 0 Å². The molecule has 152 valence electrons. The molecule has 0 amide bonds. The summed E-state index contributed by atoms with van der Waals surface area (Å²) in [5.41, 5.74) is -5.88. The van der Waals surface area contributed by atoms with Gasteiger partial charge in [-0.2, -0.15) is 26.3 Å². The topological polar surface area (TPSA) is 17.1 Å². The summed E-state index contributed by atoms with van der Waals surface area (Å²) in [5, 5.41) is -1.07. The minimum absolute atomic E-state index is 0.172. The summed E-state index contributed by atoms with van der Waals surface area (Å²) < 4.78 is 107. The van der Waals surface area contributed by atoms with Crippen molar-refractivity contribution in [3.63, 3.8) is 0 Å². The summed E-state index contributed by atoms with van der Waals surface area (Å²) in [4.78, 5) is 12.8. The second-order valence-corrected chi connectivity index (χ2v) is 6.67. The van der Waals surface area contributed by atoms with Crippen molar-refractivity contribution in [2.24, 2.45) is 0 Å². The first-order chi connectivity index (χ1) is 12.8. The van der Waals surface area contributed by atoms with Crippen LogP contribution in [0.3, 0.4) is 0 Å². The number of halogens is 10. The second-order valence-electron chi connectivity index (χ2n) is 5.55. The van der Waals surface area contributed by atoms with Crippen LogP contribution in [0.15, 0.2) is 24.3 Å². The molecule has 0 heterocycles. The average molecular weight is 540 g/mol. The van der Waals surface area contributed by atoms with Gasteiger partial charge in [-0.3, -0.25) is 4.79 Å². The number of rotatable bonds is 4. The second kappa shape index (κ2) is 8.10. The van der Waals surface area contributed by atoms with Gasteiger partial charge in [0.1, 0.15) is 11.6 Å². The Labute approximate surface area is 170 Å². The highest BCUT2D eigenvalue weighted by atomic mass is 79.9. The van der Waals surface area contributed by atoms with Gasteiger partial charge in [-0.15, -0.1) is 0 Å². The third-order valence-electron chi connectivity index (χ3n) is 3.80. The van der Waals surface area contributed by atoms with Gasteiger partial charge in [0.25, 0.3) is 0 Å². The van der Waals surface area contributed by atoms with Crippen LogP contribution in [0, 0.1) is 11.6 Å². The molecule has 0 aliphatic rings. The molecule has 1 nitrogen and oxygen atoms in total. The predicted molar refractivity (Wildman–Crippen MR) is 91.5 cm³/mol. The molecule has 2 aromatic carbocycles. The number of hydrogen-bond donors (Lipinski definition) is 0. The van der Waals surface area contributed by atoms with E-state index in [4.69, 9.17) is 0 Å². The Morgan fingerprint density at radius 1 is 0.714 bits per heavy atom. The fraction of sp³-hybridized carbons (Fsp3) is 0.235. The molecule has 0 fully saturated rings. The fourth-order valence-corrected chi connectivity index (χ4v) is 3.83. The van der Waals surface area contributed by atoms with E-state index in [-0.39, 0.29) is 12.1 Å². The molecule has 0 atom stereocenters. The van der Waals surface area contributed by atoms with Gasteiger partial charge in [0.05, 0.1) is 11.1 Å². The molecular formula is C17H8Br2F8O. The van der Waals surface area contributed by atoms with Crippen molar-refractivity contribution in [2.75, 3.05) is 0 Å². The van der Waals surface area contributed by atoms with Crippen LogP contribution in [0.1, 0.15) is 38.2 Å². The van der Waals surface area contributed by atoms with Crippen LogP contribution in [-0.2, 0) is 23.0 Å². The highest BCUT2D eigenvalue weighted by molar-refractivity contribution is 9.08. The van der Waals surface area contributed by atoms with Crippen molar-refractivity contribution in [2.45, 2.75) is 23.0 Å². The largest absolute Gasteiger partial charge is 0.416 e. The van der Waals surface area contributed by atoms with Crippen LogP contribution in [0.5, 0.6) is 0 Å². The molecule has 0 saturated heterocycles. The quantitative estimate of drug-likeness (QED) is 0.232. The predicted octanol–water partition coefficient (Wildman–Crippen LogP) is 7.02. The molecule has 0 saturated carbocycles. The molecule has 2 aromatic rings. The summed E-state index contributed by atoms with van der Waals surface area (Å²) >= 11 is 5.55. The molecule has 11 heteroatoms. The van der Waals surface area contributed by atoms with Crippen LogP contribution in [-0.4, -0.2) is 5.78 Å². The van der Waals surface area contributed by atoms with Gasteiger partial charge in [0.2, 0.25) is 0 Å². The Bertz CT molecular complexity index is 845. The van der Waals surface area contributed by atoms with E-state index < -0.39 is 73.8 Å². The molecule has 2 rings (SSSR count). The first-order valence-electron chi connectivity index (χ1n) is 7.27. The van der Waals surface area contributed by atoms with Crippen LogP contribution >= 0.6 is 31.9 Å². The standard InChI is InChI=1S/C17H8Br2F8O/c18-5-11-9(1-7(20)3-13(11)16(22,23)24)15(28)10-2-8(21)4-14(12(10)6-19)17(25,26)27/h1-4H,5-6H2. The van der Waals surface area contributed by atoms with E-state index >= 15 is 0 Å². The molecule has 0 aromatic heterocycles. The molecule has 0 radical (unpaired) electrons. The van der Waals surface area contributed by atoms with Gasteiger partial charge >= 0.3 is 12.4 Å². The SMILES string of the molecule is O=C(c1cc(F)cc(C(F)(F)F)c1CBr)c1cc(F)cc(C(F)(F)F)c1CBr. The first kappa shape index (κ1) is 22.8. The molecule has 0 N–H and O–H groups in total. The first-order valence-corrected chi connectivity index (χ1v) is 9.51. The van der Waals surface area contributed by atoms with Gasteiger partial charge in [-0.1, -0.05) is 31.9 Å². The minimum atomic E-state index is -5.02. The maximum absolute atomic E-state index is 13.7. The van der Waals surface area contributed by atoms with E-state index in [0.717, 1.165) is 0 Å². The fourth-order valence-electron chi connectivity index (χ4n) is 2.62. The molecule has 0 aliphatic heterocycles. The Hall–Kier alpha value is -1.49. The zero-order chi connectivity index (χ0) is 21.4. The van der Waals surface area contributed by atoms with Crippen molar-refractivity contribution < 1.29 is 39.9 Å². The number of alkyl halides is 8. The molecule has 0 spiro atoms. The third kappa shape index (κ3) is 4.56. The maximum Gasteiger partial charge on any atom is 0.416 e. The van der Waals surface area contributed by atoms with E-state index in [1.807, 2.05) is 0 Å². The molecule has 0 bridgehead atoms.